The molecule has 0 radical (unpaired) electrons. The molecule has 0 saturated heterocycles. The molecule has 5 heterocycles. The fourth-order valence-corrected chi connectivity index (χ4v) is 9.47. The van der Waals surface area contributed by atoms with Crippen LogP contribution in [0.25, 0.3) is 111 Å². The van der Waals surface area contributed by atoms with Gasteiger partial charge in [-0.2, -0.15) is 0 Å². The first kappa shape index (κ1) is 38.5. The summed E-state index contributed by atoms with van der Waals surface area (Å²) in [5.74, 6) is 1.67. The first-order valence-corrected chi connectivity index (χ1v) is 21.0. The Morgan fingerprint density at radius 1 is 0.540 bits per heavy atom. The van der Waals surface area contributed by atoms with Gasteiger partial charge >= 0.3 is 21.1 Å². The molecule has 7 heteroatoms. The summed E-state index contributed by atoms with van der Waals surface area (Å²) in [7, 11) is 0. The van der Waals surface area contributed by atoms with Crippen molar-refractivity contribution in [3.05, 3.63) is 199 Å². The Morgan fingerprint density at radius 3 is 2.11 bits per heavy atom. The molecule has 7 aromatic carbocycles. The van der Waals surface area contributed by atoms with Crippen LogP contribution in [0, 0.1) is 26.8 Å². The molecule has 12 aromatic rings. The average Bonchev–Trinajstić information content (AvgIpc) is 4.01. The molecule has 0 N–H and O–H groups in total. The predicted molar refractivity (Wildman–Crippen MR) is 254 cm³/mol. The van der Waals surface area contributed by atoms with Crippen LogP contribution in [0.15, 0.2) is 176 Å². The van der Waals surface area contributed by atoms with Gasteiger partial charge in [0.15, 0.2) is 0 Å². The van der Waals surface area contributed by atoms with Crippen molar-refractivity contribution in [1.82, 2.24) is 29.1 Å². The van der Waals surface area contributed by atoms with Gasteiger partial charge in [0.25, 0.3) is 0 Å². The molecule has 0 amide bonds. The summed E-state index contributed by atoms with van der Waals surface area (Å²) >= 11 is 0. The second-order valence-corrected chi connectivity index (χ2v) is 16.1. The molecular weight excluding hydrogens is 952 g/mol. The number of para-hydroxylation sites is 2. The molecule has 0 aliphatic rings. The Kier molecular flexibility index (Phi) is 9.29. The smallest absolute Gasteiger partial charge is 0.656 e. The van der Waals surface area contributed by atoms with Gasteiger partial charge in [-0.05, 0) is 130 Å². The zero-order valence-electron chi connectivity index (χ0n) is 34.7. The number of aromatic nitrogens is 6. The molecule has 0 unspecified atom stereocenters. The Bertz CT molecular complexity index is 3700. The fraction of sp³-hybridized carbons (Fsp3) is 0.0536. The number of fused-ring (bicyclic) bond motifs is 7. The van der Waals surface area contributed by atoms with E-state index in [1.54, 1.807) is 0 Å². The minimum Gasteiger partial charge on any atom is -0.656 e. The van der Waals surface area contributed by atoms with Gasteiger partial charge in [0.05, 0.1) is 11.0 Å². The van der Waals surface area contributed by atoms with Gasteiger partial charge in [0.1, 0.15) is 11.6 Å². The van der Waals surface area contributed by atoms with E-state index >= 15 is 0 Å². The molecule has 0 saturated carbocycles. The fourth-order valence-electron chi connectivity index (χ4n) is 9.47. The Labute approximate surface area is 378 Å². The van der Waals surface area contributed by atoms with E-state index in [0.29, 0.717) is 0 Å². The van der Waals surface area contributed by atoms with Crippen molar-refractivity contribution in [2.75, 3.05) is 0 Å². The van der Waals surface area contributed by atoms with E-state index < -0.39 is 0 Å². The quantitative estimate of drug-likeness (QED) is 0.156. The largest absolute Gasteiger partial charge is 2.00 e. The van der Waals surface area contributed by atoms with E-state index in [2.05, 4.69) is 187 Å². The van der Waals surface area contributed by atoms with Crippen LogP contribution in [0.4, 0.5) is 0 Å². The Morgan fingerprint density at radius 2 is 1.32 bits per heavy atom. The monoisotopic (exact) mass is 989 g/mol. The summed E-state index contributed by atoms with van der Waals surface area (Å²) < 4.78 is 4.52. The second-order valence-electron chi connectivity index (χ2n) is 16.1. The van der Waals surface area contributed by atoms with Crippen LogP contribution >= 0.6 is 0 Å². The molecule has 302 valence electrons. The molecule has 12 rings (SSSR count). The number of aryl methyl sites for hydroxylation is 2. The third-order valence-electron chi connectivity index (χ3n) is 12.7. The molecule has 63 heavy (non-hydrogen) atoms. The van der Waals surface area contributed by atoms with Crippen molar-refractivity contribution in [1.29, 1.82) is 0 Å². The average molecular weight is 990 g/mol. The molecule has 6 nitrogen and oxygen atoms in total. The minimum atomic E-state index is 0. The number of hydrogen-bond donors (Lipinski definition) is 0. The number of nitrogens with zero attached hydrogens (tertiary/aromatic N) is 6. The first-order chi connectivity index (χ1) is 30.5. The molecule has 5 aromatic heterocycles. The Hall–Kier alpha value is -7.40. The second kappa shape index (κ2) is 15.2. The number of pyridine rings is 2. The van der Waals surface area contributed by atoms with Crippen LogP contribution < -0.4 is 4.98 Å². The number of rotatable bonds is 6. The standard InChI is InChI=1S/C56H38N6.Pt/c1-34-31-47-52(36(3)35(34)2)53-42(38-26-29-57-30-27-38)23-24-45(55(53)59-47)56-60-54-43(17-12-18-49(54)61(56)41-15-8-5-9-16-41)40-20-22-44-46-32-39(37-13-6-4-7-14-37)21-25-48(46)62(50(44)33-40)51-19-10-11-28-58-51;/h4-32H,1-3H3;/q-2;+2. The van der Waals surface area contributed by atoms with Crippen LogP contribution in [-0.4, -0.2) is 24.1 Å². The zero-order valence-corrected chi connectivity index (χ0v) is 37.0. The van der Waals surface area contributed by atoms with E-state index in [1.165, 1.54) is 33.2 Å². The molecule has 0 atom stereocenters. The van der Waals surface area contributed by atoms with Crippen LogP contribution in [-0.2, 0) is 21.1 Å². The van der Waals surface area contributed by atoms with E-state index in [-0.39, 0.29) is 21.1 Å². The third-order valence-corrected chi connectivity index (χ3v) is 12.7. The first-order valence-electron chi connectivity index (χ1n) is 21.0. The van der Waals surface area contributed by atoms with E-state index in [9.17, 15) is 0 Å². The van der Waals surface area contributed by atoms with Gasteiger partial charge in [0, 0.05) is 35.4 Å². The third kappa shape index (κ3) is 6.08. The van der Waals surface area contributed by atoms with Gasteiger partial charge < -0.3 is 9.55 Å². The maximum Gasteiger partial charge on any atom is 2.00 e. The molecule has 0 aliphatic heterocycles. The normalized spacial score (nSPS) is 11.6. The summed E-state index contributed by atoms with van der Waals surface area (Å²) in [5.41, 5.74) is 18.1. The van der Waals surface area contributed by atoms with Crippen molar-refractivity contribution in [3.63, 3.8) is 0 Å². The zero-order chi connectivity index (χ0) is 41.5. The summed E-state index contributed by atoms with van der Waals surface area (Å²) in [6, 6.07) is 59.5. The van der Waals surface area contributed by atoms with E-state index in [0.717, 1.165) is 94.4 Å². The van der Waals surface area contributed by atoms with Gasteiger partial charge in [0.2, 0.25) is 0 Å². The molecule has 0 bridgehead atoms. The van der Waals surface area contributed by atoms with Crippen molar-refractivity contribution in [3.8, 4) is 56.3 Å². The predicted octanol–water partition coefficient (Wildman–Crippen LogP) is 13.6. The van der Waals surface area contributed by atoms with Gasteiger partial charge in [-0.3, -0.25) is 9.55 Å². The van der Waals surface area contributed by atoms with Gasteiger partial charge in [-0.15, -0.1) is 34.8 Å². The molecular formula is C56H38N6Pt. The number of imidazole rings is 1. The SMILES string of the molecule is Cc1cc2[n-]c3c(-c4nc5c(-c6[c-]c7c(cc6)c6cc(-c8ccccc8)ccc6n7-c6ccccn6)cccc5n4-c4ccccc4)ccc(-c4ccncc4)c3c2c(C)c1C.[Pt+2]. The van der Waals surface area contributed by atoms with Crippen molar-refractivity contribution >= 4 is 54.6 Å². The summed E-state index contributed by atoms with van der Waals surface area (Å²) in [5, 5.41) is 4.58. The van der Waals surface area contributed by atoms with Gasteiger partial charge in [-0.1, -0.05) is 108 Å². The maximum atomic E-state index is 5.64. The van der Waals surface area contributed by atoms with Crippen LogP contribution in [0.5, 0.6) is 0 Å². The summed E-state index contributed by atoms with van der Waals surface area (Å²) in [6.07, 6.45) is 5.57. The van der Waals surface area contributed by atoms with Gasteiger partial charge in [-0.25, -0.2) is 9.97 Å². The van der Waals surface area contributed by atoms with Crippen LogP contribution in [0.2, 0.25) is 0 Å². The molecule has 0 aliphatic carbocycles. The topological polar surface area (TPSA) is 62.6 Å². The van der Waals surface area contributed by atoms with Crippen LogP contribution in [0.3, 0.4) is 0 Å². The maximum absolute atomic E-state index is 5.64. The van der Waals surface area contributed by atoms with Crippen molar-refractivity contribution in [2.24, 2.45) is 0 Å². The van der Waals surface area contributed by atoms with Crippen molar-refractivity contribution < 1.29 is 21.1 Å². The number of hydrogen-bond acceptors (Lipinski definition) is 3. The number of benzene rings is 7. The molecule has 0 spiro atoms. The van der Waals surface area contributed by atoms with E-state index in [4.69, 9.17) is 15.0 Å². The minimum absolute atomic E-state index is 0. The Balaban J connectivity index is 0.00000444. The summed E-state index contributed by atoms with van der Waals surface area (Å²) in [6.45, 7) is 6.61. The van der Waals surface area contributed by atoms with Crippen LogP contribution in [0.1, 0.15) is 16.7 Å². The summed E-state index contributed by atoms with van der Waals surface area (Å²) in [4.78, 5) is 20.3. The van der Waals surface area contributed by atoms with Crippen molar-refractivity contribution in [2.45, 2.75) is 20.8 Å². The van der Waals surface area contributed by atoms with E-state index in [1.807, 2.05) is 30.7 Å². The molecule has 0 fully saturated rings.